The van der Waals surface area contributed by atoms with E-state index in [9.17, 15) is 0 Å². The Bertz CT molecular complexity index is 534. The van der Waals surface area contributed by atoms with Gasteiger partial charge in [0.2, 0.25) is 0 Å². The summed E-state index contributed by atoms with van der Waals surface area (Å²) in [6.45, 7) is 7.44. The molecule has 0 saturated heterocycles. The lowest BCUT2D eigenvalue weighted by atomic mass is 9.95. The van der Waals surface area contributed by atoms with Crippen LogP contribution in [-0.4, -0.2) is 11.5 Å². The van der Waals surface area contributed by atoms with Crippen LogP contribution < -0.4 is 5.32 Å². The summed E-state index contributed by atoms with van der Waals surface area (Å²) in [6.07, 6.45) is 4.85. The van der Waals surface area contributed by atoms with Crippen molar-refractivity contribution in [1.82, 2.24) is 10.3 Å². The molecule has 2 nitrogen and oxygen atoms in total. The molecular formula is C17H22N2. The van der Waals surface area contributed by atoms with Gasteiger partial charge in [-0.25, -0.2) is 0 Å². The Hall–Kier alpha value is -1.67. The molecule has 0 bridgehead atoms. The van der Waals surface area contributed by atoms with Crippen LogP contribution in [0, 0.1) is 13.8 Å². The van der Waals surface area contributed by atoms with Crippen molar-refractivity contribution in [2.75, 3.05) is 6.54 Å². The molecule has 19 heavy (non-hydrogen) atoms. The lowest BCUT2D eigenvalue weighted by Gasteiger charge is -2.21. The summed E-state index contributed by atoms with van der Waals surface area (Å²) in [6, 6.07) is 11.0. The number of likely N-dealkylation sites (N-methyl/N-ethyl adjacent to an activating group) is 1. The molecule has 1 unspecified atom stereocenters. The summed E-state index contributed by atoms with van der Waals surface area (Å²) in [5, 5.41) is 3.58. The Balaban J connectivity index is 2.27. The number of benzene rings is 1. The molecule has 0 radical (unpaired) electrons. The highest BCUT2D eigenvalue weighted by molar-refractivity contribution is 5.31. The minimum absolute atomic E-state index is 0.333. The first kappa shape index (κ1) is 13.8. The Morgan fingerprint density at radius 3 is 2.58 bits per heavy atom. The van der Waals surface area contributed by atoms with E-state index in [4.69, 9.17) is 0 Å². The molecular weight excluding hydrogens is 232 g/mol. The number of aryl methyl sites for hydroxylation is 2. The fraction of sp³-hybridized carbons (Fsp3) is 0.353. The zero-order chi connectivity index (χ0) is 13.7. The van der Waals surface area contributed by atoms with Gasteiger partial charge in [0.1, 0.15) is 0 Å². The van der Waals surface area contributed by atoms with Crippen molar-refractivity contribution in [2.24, 2.45) is 0 Å². The highest BCUT2D eigenvalue weighted by Crippen LogP contribution is 2.22. The molecule has 0 aliphatic rings. The van der Waals surface area contributed by atoms with Crippen molar-refractivity contribution in [3.05, 3.63) is 65.0 Å². The van der Waals surface area contributed by atoms with Gasteiger partial charge in [-0.15, -0.1) is 0 Å². The SMILES string of the molecule is CCNC(Cc1ccccc1C)c1cnccc1C. The van der Waals surface area contributed by atoms with E-state index < -0.39 is 0 Å². The van der Waals surface area contributed by atoms with Crippen LogP contribution >= 0.6 is 0 Å². The molecule has 0 fully saturated rings. The molecule has 2 rings (SSSR count). The van der Waals surface area contributed by atoms with Gasteiger partial charge in [0.25, 0.3) is 0 Å². The third-order valence-corrected chi connectivity index (χ3v) is 3.59. The molecule has 0 amide bonds. The molecule has 1 heterocycles. The number of hydrogen-bond donors (Lipinski definition) is 1. The van der Waals surface area contributed by atoms with E-state index in [1.807, 2.05) is 12.4 Å². The normalized spacial score (nSPS) is 12.4. The van der Waals surface area contributed by atoms with Crippen LogP contribution in [0.5, 0.6) is 0 Å². The molecule has 0 aliphatic carbocycles. The molecule has 1 atom stereocenters. The van der Waals surface area contributed by atoms with E-state index in [2.05, 4.69) is 61.4 Å². The van der Waals surface area contributed by atoms with Gasteiger partial charge in [-0.2, -0.15) is 0 Å². The summed E-state index contributed by atoms with van der Waals surface area (Å²) in [7, 11) is 0. The number of nitrogens with zero attached hydrogens (tertiary/aromatic N) is 1. The molecule has 1 N–H and O–H groups in total. The fourth-order valence-electron chi connectivity index (χ4n) is 2.44. The van der Waals surface area contributed by atoms with Crippen LogP contribution in [0.3, 0.4) is 0 Å². The van der Waals surface area contributed by atoms with Crippen molar-refractivity contribution >= 4 is 0 Å². The quantitative estimate of drug-likeness (QED) is 0.882. The van der Waals surface area contributed by atoms with Crippen molar-refractivity contribution < 1.29 is 0 Å². The third-order valence-electron chi connectivity index (χ3n) is 3.59. The van der Waals surface area contributed by atoms with Crippen LogP contribution in [0.1, 0.15) is 35.2 Å². The number of pyridine rings is 1. The molecule has 2 heteroatoms. The summed E-state index contributed by atoms with van der Waals surface area (Å²) >= 11 is 0. The Labute approximate surface area is 115 Å². The monoisotopic (exact) mass is 254 g/mol. The highest BCUT2D eigenvalue weighted by Gasteiger charge is 2.14. The van der Waals surface area contributed by atoms with Crippen LogP contribution in [0.4, 0.5) is 0 Å². The van der Waals surface area contributed by atoms with Crippen molar-refractivity contribution in [3.8, 4) is 0 Å². The maximum absolute atomic E-state index is 4.27. The minimum atomic E-state index is 0.333. The Morgan fingerprint density at radius 1 is 1.11 bits per heavy atom. The van der Waals surface area contributed by atoms with Gasteiger partial charge in [-0.1, -0.05) is 31.2 Å². The van der Waals surface area contributed by atoms with E-state index in [-0.39, 0.29) is 0 Å². The first-order valence-electron chi connectivity index (χ1n) is 6.90. The molecule has 0 spiro atoms. The van der Waals surface area contributed by atoms with Crippen LogP contribution in [-0.2, 0) is 6.42 Å². The molecule has 1 aromatic heterocycles. The largest absolute Gasteiger partial charge is 0.310 e. The summed E-state index contributed by atoms with van der Waals surface area (Å²) in [5.74, 6) is 0. The average molecular weight is 254 g/mol. The van der Waals surface area contributed by atoms with Gasteiger partial charge >= 0.3 is 0 Å². The Morgan fingerprint density at radius 2 is 1.89 bits per heavy atom. The number of hydrogen-bond acceptors (Lipinski definition) is 2. The lowest BCUT2D eigenvalue weighted by Crippen LogP contribution is -2.24. The maximum atomic E-state index is 4.27. The Kier molecular flexibility index (Phi) is 4.69. The van der Waals surface area contributed by atoms with Gasteiger partial charge in [0.05, 0.1) is 0 Å². The second kappa shape index (κ2) is 6.48. The summed E-state index contributed by atoms with van der Waals surface area (Å²) < 4.78 is 0. The minimum Gasteiger partial charge on any atom is -0.310 e. The topological polar surface area (TPSA) is 24.9 Å². The van der Waals surface area contributed by atoms with E-state index in [1.165, 1.54) is 22.3 Å². The van der Waals surface area contributed by atoms with Crippen LogP contribution in [0.2, 0.25) is 0 Å². The molecule has 2 aromatic rings. The standard InChI is InChI=1S/C17H22N2/c1-4-19-17(16-12-18-10-9-14(16)3)11-15-8-6-5-7-13(15)2/h5-10,12,17,19H,4,11H2,1-3H3. The van der Waals surface area contributed by atoms with Crippen LogP contribution in [0.25, 0.3) is 0 Å². The van der Waals surface area contributed by atoms with Gasteiger partial charge in [0.15, 0.2) is 0 Å². The highest BCUT2D eigenvalue weighted by atomic mass is 14.9. The first-order valence-corrected chi connectivity index (χ1v) is 6.90. The number of aromatic nitrogens is 1. The lowest BCUT2D eigenvalue weighted by molar-refractivity contribution is 0.544. The van der Waals surface area contributed by atoms with Crippen molar-refractivity contribution in [3.63, 3.8) is 0 Å². The zero-order valence-corrected chi connectivity index (χ0v) is 12.0. The maximum Gasteiger partial charge on any atom is 0.0378 e. The van der Waals surface area contributed by atoms with E-state index >= 15 is 0 Å². The average Bonchev–Trinajstić information content (AvgIpc) is 2.41. The first-order chi connectivity index (χ1) is 9.22. The van der Waals surface area contributed by atoms with E-state index in [0.717, 1.165) is 13.0 Å². The molecule has 0 saturated carbocycles. The summed E-state index contributed by atoms with van der Waals surface area (Å²) in [4.78, 5) is 4.27. The van der Waals surface area contributed by atoms with Crippen LogP contribution in [0.15, 0.2) is 42.7 Å². The van der Waals surface area contributed by atoms with E-state index in [0.29, 0.717) is 6.04 Å². The molecule has 0 aliphatic heterocycles. The smallest absolute Gasteiger partial charge is 0.0378 e. The van der Waals surface area contributed by atoms with Crippen molar-refractivity contribution in [2.45, 2.75) is 33.2 Å². The fourth-order valence-corrected chi connectivity index (χ4v) is 2.44. The third kappa shape index (κ3) is 3.42. The second-order valence-electron chi connectivity index (χ2n) is 4.97. The number of nitrogens with one attached hydrogen (secondary N) is 1. The predicted octanol–water partition coefficient (Wildman–Crippen LogP) is 3.59. The number of rotatable bonds is 5. The molecule has 100 valence electrons. The van der Waals surface area contributed by atoms with E-state index in [1.54, 1.807) is 0 Å². The van der Waals surface area contributed by atoms with Gasteiger partial charge in [-0.05, 0) is 55.1 Å². The summed E-state index contributed by atoms with van der Waals surface area (Å²) in [5.41, 5.74) is 5.35. The molecule has 1 aromatic carbocycles. The zero-order valence-electron chi connectivity index (χ0n) is 12.0. The van der Waals surface area contributed by atoms with Gasteiger partial charge in [0, 0.05) is 18.4 Å². The van der Waals surface area contributed by atoms with Gasteiger partial charge in [-0.3, -0.25) is 4.98 Å². The predicted molar refractivity (Wildman–Crippen MR) is 80.3 cm³/mol. The second-order valence-corrected chi connectivity index (χ2v) is 4.97. The van der Waals surface area contributed by atoms with Crippen molar-refractivity contribution in [1.29, 1.82) is 0 Å². The van der Waals surface area contributed by atoms with Gasteiger partial charge < -0.3 is 5.32 Å².